The molecule has 1 aliphatic heterocycles. The van der Waals surface area contributed by atoms with Crippen LogP contribution in [0.3, 0.4) is 0 Å². The molecule has 0 radical (unpaired) electrons. The van der Waals surface area contributed by atoms with E-state index in [2.05, 4.69) is 15.6 Å². The van der Waals surface area contributed by atoms with Gasteiger partial charge in [0.2, 0.25) is 5.91 Å². The fourth-order valence-corrected chi connectivity index (χ4v) is 3.92. The predicted octanol–water partition coefficient (Wildman–Crippen LogP) is 1.80. The van der Waals surface area contributed by atoms with Crippen LogP contribution >= 0.6 is 11.6 Å². The lowest BCUT2D eigenvalue weighted by Gasteiger charge is -2.25. The zero-order chi connectivity index (χ0) is 15.5. The molecule has 2 aromatic heterocycles. The summed E-state index contributed by atoms with van der Waals surface area (Å²) in [5.41, 5.74) is 0.312. The topological polar surface area (TPSA) is 58.4 Å². The van der Waals surface area contributed by atoms with E-state index in [1.165, 1.54) is 0 Å². The molecule has 2 aliphatic rings. The van der Waals surface area contributed by atoms with Crippen molar-refractivity contribution in [3.63, 3.8) is 0 Å². The van der Waals surface area contributed by atoms with E-state index in [-0.39, 0.29) is 11.8 Å². The Morgan fingerprint density at radius 3 is 2.91 bits per heavy atom. The number of pyridine rings is 1. The zero-order valence-corrected chi connectivity index (χ0v) is 13.4. The van der Waals surface area contributed by atoms with E-state index in [0.29, 0.717) is 16.9 Å². The lowest BCUT2D eigenvalue weighted by molar-refractivity contribution is -0.124. The molecule has 3 atom stereocenters. The normalized spacial score (nSPS) is 27.0. The molecule has 2 N–H and O–H groups in total. The molecule has 116 valence electrons. The number of halogens is 1. The summed E-state index contributed by atoms with van der Waals surface area (Å²) in [6, 6.07) is 3.72. The Morgan fingerprint density at radius 2 is 2.18 bits per heavy atom. The Bertz CT molecular complexity index is 744. The summed E-state index contributed by atoms with van der Waals surface area (Å²) in [6.07, 6.45) is 3.68. The predicted molar refractivity (Wildman–Crippen MR) is 84.7 cm³/mol. The summed E-state index contributed by atoms with van der Waals surface area (Å²) >= 11 is 6.20. The highest BCUT2D eigenvalue weighted by atomic mass is 35.5. The van der Waals surface area contributed by atoms with E-state index in [9.17, 15) is 4.79 Å². The van der Waals surface area contributed by atoms with Crippen molar-refractivity contribution in [1.29, 1.82) is 0 Å². The fraction of sp³-hybridized carbons (Fsp3) is 0.500. The molecular formula is C16H19ClN4O. The molecule has 5 nitrogen and oxygen atoms in total. The summed E-state index contributed by atoms with van der Waals surface area (Å²) < 4.78 is 1.94. The summed E-state index contributed by atoms with van der Waals surface area (Å²) in [6.45, 7) is 5.89. The number of carbonyl (C=O) groups is 1. The molecule has 0 unspecified atom stereocenters. The van der Waals surface area contributed by atoms with Crippen LogP contribution in [0.25, 0.3) is 5.52 Å². The maximum atomic E-state index is 12.5. The Morgan fingerprint density at radius 1 is 1.45 bits per heavy atom. The molecule has 0 spiro atoms. The first kappa shape index (κ1) is 14.0. The number of hydrogen-bond acceptors (Lipinski definition) is 3. The number of imidazole rings is 1. The molecule has 22 heavy (non-hydrogen) atoms. The van der Waals surface area contributed by atoms with Crippen molar-refractivity contribution < 1.29 is 4.79 Å². The molecule has 1 saturated heterocycles. The Hall–Kier alpha value is -1.59. The second-order valence-electron chi connectivity index (χ2n) is 6.82. The third-order valence-electron chi connectivity index (χ3n) is 4.91. The highest BCUT2D eigenvalue weighted by Gasteiger charge is 2.57. The van der Waals surface area contributed by atoms with Crippen LogP contribution in [0.1, 0.15) is 19.7 Å². The van der Waals surface area contributed by atoms with Gasteiger partial charge in [-0.15, -0.1) is 0 Å². The Kier molecular flexibility index (Phi) is 3.00. The molecule has 1 amide bonds. The number of carbonyl (C=O) groups excluding carboxylic acids is 1. The van der Waals surface area contributed by atoms with Gasteiger partial charge in [-0.2, -0.15) is 0 Å². The molecule has 2 aromatic rings. The Labute approximate surface area is 134 Å². The van der Waals surface area contributed by atoms with Gasteiger partial charge >= 0.3 is 0 Å². The second kappa shape index (κ2) is 4.70. The molecule has 1 aliphatic carbocycles. The molecule has 3 heterocycles. The van der Waals surface area contributed by atoms with Crippen molar-refractivity contribution in [3.8, 4) is 0 Å². The van der Waals surface area contributed by atoms with E-state index in [1.54, 1.807) is 6.20 Å². The van der Waals surface area contributed by atoms with Gasteiger partial charge in [-0.1, -0.05) is 11.6 Å². The van der Waals surface area contributed by atoms with E-state index in [1.807, 2.05) is 36.6 Å². The first-order chi connectivity index (χ1) is 10.5. The lowest BCUT2D eigenvalue weighted by Crippen LogP contribution is -2.44. The van der Waals surface area contributed by atoms with E-state index in [0.717, 1.165) is 24.4 Å². The van der Waals surface area contributed by atoms with Gasteiger partial charge in [-0.25, -0.2) is 4.98 Å². The first-order valence-electron chi connectivity index (χ1n) is 7.64. The number of nitrogens with zero attached hydrogens (tertiary/aromatic N) is 2. The monoisotopic (exact) mass is 318 g/mol. The highest BCUT2D eigenvalue weighted by molar-refractivity contribution is 6.33. The summed E-state index contributed by atoms with van der Waals surface area (Å²) in [4.78, 5) is 17.0. The van der Waals surface area contributed by atoms with Crippen molar-refractivity contribution in [2.24, 2.45) is 17.8 Å². The van der Waals surface area contributed by atoms with Crippen molar-refractivity contribution in [1.82, 2.24) is 20.0 Å². The number of amides is 1. The van der Waals surface area contributed by atoms with Gasteiger partial charge in [0, 0.05) is 12.1 Å². The van der Waals surface area contributed by atoms with E-state index >= 15 is 0 Å². The van der Waals surface area contributed by atoms with Crippen LogP contribution in [0.5, 0.6) is 0 Å². The zero-order valence-electron chi connectivity index (χ0n) is 12.6. The minimum absolute atomic E-state index is 0.139. The first-order valence-corrected chi connectivity index (χ1v) is 8.01. The molecule has 4 rings (SSSR count). The van der Waals surface area contributed by atoms with Crippen LogP contribution in [0.15, 0.2) is 24.5 Å². The SMILES string of the molecule is CC(C)(NC(=O)[C@H]1[C@@H]2CNC[C@@H]21)c1ncc2c(Cl)cccn12. The number of aromatic nitrogens is 2. The van der Waals surface area contributed by atoms with Crippen molar-refractivity contribution >= 4 is 23.0 Å². The standard InChI is InChI=1S/C16H19ClN4O/c1-16(2,20-14(22)13-9-6-18-7-10(9)13)15-19-8-12-11(17)4-3-5-21(12)15/h3-5,8-10,13,18H,6-7H2,1-2H3,(H,20,22)/t9-,10+,13+. The molecule has 2 fully saturated rings. The number of rotatable bonds is 3. The van der Waals surface area contributed by atoms with Gasteiger partial charge in [0.15, 0.2) is 0 Å². The van der Waals surface area contributed by atoms with Gasteiger partial charge in [-0.05, 0) is 50.9 Å². The van der Waals surface area contributed by atoms with Gasteiger partial charge in [0.05, 0.1) is 22.3 Å². The fourth-order valence-electron chi connectivity index (χ4n) is 3.70. The minimum Gasteiger partial charge on any atom is -0.344 e. The quantitative estimate of drug-likeness (QED) is 0.907. The van der Waals surface area contributed by atoms with Crippen LogP contribution in [-0.4, -0.2) is 28.4 Å². The van der Waals surface area contributed by atoms with Crippen LogP contribution in [0.4, 0.5) is 0 Å². The van der Waals surface area contributed by atoms with Gasteiger partial charge in [0.1, 0.15) is 5.82 Å². The maximum Gasteiger partial charge on any atom is 0.224 e. The third kappa shape index (κ3) is 2.03. The molecule has 6 heteroatoms. The molecule has 1 saturated carbocycles. The number of nitrogens with one attached hydrogen (secondary N) is 2. The van der Waals surface area contributed by atoms with Crippen molar-refractivity contribution in [2.45, 2.75) is 19.4 Å². The van der Waals surface area contributed by atoms with Crippen LogP contribution < -0.4 is 10.6 Å². The van der Waals surface area contributed by atoms with Crippen LogP contribution in [0, 0.1) is 17.8 Å². The summed E-state index contributed by atoms with van der Waals surface area (Å²) in [5, 5.41) is 7.14. The van der Waals surface area contributed by atoms with Crippen molar-refractivity contribution in [2.75, 3.05) is 13.1 Å². The van der Waals surface area contributed by atoms with Crippen LogP contribution in [-0.2, 0) is 10.3 Å². The minimum atomic E-state index is -0.543. The smallest absolute Gasteiger partial charge is 0.224 e. The number of piperidine rings is 1. The highest BCUT2D eigenvalue weighted by Crippen LogP contribution is 2.49. The number of fused-ring (bicyclic) bond motifs is 2. The van der Waals surface area contributed by atoms with Gasteiger partial charge in [-0.3, -0.25) is 4.79 Å². The molecular weight excluding hydrogens is 300 g/mol. The van der Waals surface area contributed by atoms with Gasteiger partial charge < -0.3 is 15.0 Å². The third-order valence-corrected chi connectivity index (χ3v) is 5.23. The van der Waals surface area contributed by atoms with Crippen LogP contribution in [0.2, 0.25) is 5.02 Å². The average Bonchev–Trinajstić information content (AvgIpc) is 2.85. The van der Waals surface area contributed by atoms with Gasteiger partial charge in [0.25, 0.3) is 0 Å². The van der Waals surface area contributed by atoms with E-state index < -0.39 is 5.54 Å². The maximum absolute atomic E-state index is 12.5. The van der Waals surface area contributed by atoms with Crippen molar-refractivity contribution in [3.05, 3.63) is 35.4 Å². The number of hydrogen-bond donors (Lipinski definition) is 2. The molecule has 0 bridgehead atoms. The summed E-state index contributed by atoms with van der Waals surface area (Å²) in [7, 11) is 0. The molecule has 0 aromatic carbocycles. The average molecular weight is 319 g/mol. The summed E-state index contributed by atoms with van der Waals surface area (Å²) in [5.74, 6) is 2.13. The Balaban J connectivity index is 1.59. The van der Waals surface area contributed by atoms with E-state index in [4.69, 9.17) is 11.6 Å². The largest absolute Gasteiger partial charge is 0.344 e. The lowest BCUT2D eigenvalue weighted by atomic mass is 10.0. The second-order valence-corrected chi connectivity index (χ2v) is 7.23.